The van der Waals surface area contributed by atoms with Crippen molar-refractivity contribution in [3.05, 3.63) is 60.2 Å². The predicted octanol–water partition coefficient (Wildman–Crippen LogP) is 3.15. The van der Waals surface area contributed by atoms with Crippen LogP contribution >= 0.6 is 0 Å². The Morgan fingerprint density at radius 3 is 1.95 bits per heavy atom. The molecule has 2 rings (SSSR count). The summed E-state index contributed by atoms with van der Waals surface area (Å²) < 4.78 is 32.2. The van der Waals surface area contributed by atoms with Gasteiger partial charge in [-0.1, -0.05) is 54.6 Å². The van der Waals surface area contributed by atoms with Crippen molar-refractivity contribution in [3.63, 3.8) is 0 Å². The minimum absolute atomic E-state index is 0.421. The predicted molar refractivity (Wildman–Crippen MR) is 79.6 cm³/mol. The lowest BCUT2D eigenvalue weighted by molar-refractivity contribution is 0.342. The number of hydrogen-bond donors (Lipinski definition) is 1. The van der Waals surface area contributed by atoms with Gasteiger partial charge in [0.05, 0.1) is 0 Å². The molecule has 1 atom stereocenters. The van der Waals surface area contributed by atoms with E-state index in [1.165, 1.54) is 7.05 Å². The van der Waals surface area contributed by atoms with Gasteiger partial charge in [-0.25, -0.2) is 0 Å². The molecule has 0 aliphatic heterocycles. The largest absolute Gasteiger partial charge is 0.336 e. The maximum absolute atomic E-state index is 11.1. The Morgan fingerprint density at radius 2 is 1.45 bits per heavy atom. The van der Waals surface area contributed by atoms with E-state index >= 15 is 0 Å². The SMILES string of the molecule is CC(c1ccc(-c2ccccc2)cc1)N(C)S(=O)(=O)O. The van der Waals surface area contributed by atoms with E-state index in [2.05, 4.69) is 0 Å². The van der Waals surface area contributed by atoms with E-state index in [1.807, 2.05) is 54.6 Å². The molecule has 2 aromatic carbocycles. The van der Waals surface area contributed by atoms with Gasteiger partial charge in [0.25, 0.3) is 0 Å². The third-order valence-electron chi connectivity index (χ3n) is 3.41. The summed E-state index contributed by atoms with van der Waals surface area (Å²) in [5.41, 5.74) is 3.00. The Kier molecular flexibility index (Phi) is 4.23. The van der Waals surface area contributed by atoms with Crippen LogP contribution in [0.5, 0.6) is 0 Å². The van der Waals surface area contributed by atoms with Crippen LogP contribution < -0.4 is 0 Å². The molecule has 4 nitrogen and oxygen atoms in total. The Balaban J connectivity index is 2.25. The molecule has 0 spiro atoms. The van der Waals surface area contributed by atoms with Crippen molar-refractivity contribution in [2.45, 2.75) is 13.0 Å². The first-order valence-electron chi connectivity index (χ1n) is 6.25. The summed E-state index contributed by atoms with van der Waals surface area (Å²) in [6.07, 6.45) is 0. The molecule has 0 bridgehead atoms. The molecule has 0 radical (unpaired) electrons. The molecule has 0 aliphatic rings. The number of nitrogens with zero attached hydrogens (tertiary/aromatic N) is 1. The van der Waals surface area contributed by atoms with Crippen LogP contribution in [0.4, 0.5) is 0 Å². The van der Waals surface area contributed by atoms with Crippen molar-refractivity contribution < 1.29 is 13.0 Å². The molecule has 20 heavy (non-hydrogen) atoms. The summed E-state index contributed by atoms with van der Waals surface area (Å²) in [6, 6.07) is 17.1. The first kappa shape index (κ1) is 14.7. The van der Waals surface area contributed by atoms with E-state index in [1.54, 1.807) is 6.92 Å². The number of hydrogen-bond acceptors (Lipinski definition) is 2. The maximum Gasteiger partial charge on any atom is 0.336 e. The molecule has 0 fully saturated rings. The molecule has 2 aromatic rings. The van der Waals surface area contributed by atoms with Crippen molar-refractivity contribution in [2.75, 3.05) is 7.05 Å². The van der Waals surface area contributed by atoms with Crippen molar-refractivity contribution in [3.8, 4) is 11.1 Å². The summed E-state index contributed by atoms with van der Waals surface area (Å²) in [5.74, 6) is 0. The average Bonchev–Trinajstić information content (AvgIpc) is 2.46. The lowest BCUT2D eigenvalue weighted by Crippen LogP contribution is -2.28. The Morgan fingerprint density at radius 1 is 0.950 bits per heavy atom. The summed E-state index contributed by atoms with van der Waals surface area (Å²) in [6.45, 7) is 1.73. The quantitative estimate of drug-likeness (QED) is 0.880. The molecular formula is C15H17NO3S. The van der Waals surface area contributed by atoms with Gasteiger partial charge in [-0.3, -0.25) is 4.55 Å². The van der Waals surface area contributed by atoms with Crippen LogP contribution in [0.2, 0.25) is 0 Å². The van der Waals surface area contributed by atoms with E-state index in [0.717, 1.165) is 21.0 Å². The van der Waals surface area contributed by atoms with E-state index < -0.39 is 16.3 Å². The van der Waals surface area contributed by atoms with Crippen molar-refractivity contribution in [1.82, 2.24) is 4.31 Å². The van der Waals surface area contributed by atoms with Gasteiger partial charge >= 0.3 is 10.3 Å². The van der Waals surface area contributed by atoms with Gasteiger partial charge in [0.15, 0.2) is 0 Å². The normalized spacial score (nSPS) is 13.4. The fraction of sp³-hybridized carbons (Fsp3) is 0.200. The number of benzene rings is 2. The third-order valence-corrected chi connectivity index (χ3v) is 4.45. The molecule has 0 amide bonds. The second-order valence-corrected chi connectivity index (χ2v) is 6.13. The van der Waals surface area contributed by atoms with E-state index in [4.69, 9.17) is 4.55 Å². The first-order valence-corrected chi connectivity index (χ1v) is 7.65. The number of rotatable bonds is 4. The molecule has 1 unspecified atom stereocenters. The molecule has 0 saturated heterocycles. The minimum Gasteiger partial charge on any atom is -0.273 e. The molecule has 0 aromatic heterocycles. The Bertz CT molecular complexity index is 666. The summed E-state index contributed by atoms with van der Waals surface area (Å²) >= 11 is 0. The van der Waals surface area contributed by atoms with Crippen LogP contribution in [0, 0.1) is 0 Å². The zero-order valence-electron chi connectivity index (χ0n) is 11.4. The topological polar surface area (TPSA) is 57.6 Å². The summed E-state index contributed by atoms with van der Waals surface area (Å²) in [5, 5.41) is 0. The van der Waals surface area contributed by atoms with Crippen LogP contribution in [0.1, 0.15) is 18.5 Å². The van der Waals surface area contributed by atoms with Crippen LogP contribution in [0.15, 0.2) is 54.6 Å². The first-order chi connectivity index (χ1) is 9.39. The van der Waals surface area contributed by atoms with Crippen molar-refractivity contribution in [1.29, 1.82) is 0 Å². The zero-order chi connectivity index (χ0) is 14.8. The maximum atomic E-state index is 11.1. The third kappa shape index (κ3) is 3.25. The van der Waals surface area contributed by atoms with Gasteiger partial charge in [0, 0.05) is 13.1 Å². The minimum atomic E-state index is -4.18. The lowest BCUT2D eigenvalue weighted by atomic mass is 10.0. The lowest BCUT2D eigenvalue weighted by Gasteiger charge is -2.21. The highest BCUT2D eigenvalue weighted by atomic mass is 32.2. The summed E-state index contributed by atoms with van der Waals surface area (Å²) in [7, 11) is -2.83. The van der Waals surface area contributed by atoms with E-state index in [-0.39, 0.29) is 0 Å². The Labute approximate surface area is 119 Å². The van der Waals surface area contributed by atoms with E-state index in [0.29, 0.717) is 0 Å². The standard InChI is InChI=1S/C15H17NO3S/c1-12(16(2)20(17,18)19)13-8-10-15(11-9-13)14-6-4-3-5-7-14/h3-12H,1-2H3,(H,17,18,19). The van der Waals surface area contributed by atoms with Gasteiger partial charge < -0.3 is 0 Å². The van der Waals surface area contributed by atoms with Crippen LogP contribution in [-0.2, 0) is 10.3 Å². The summed E-state index contributed by atoms with van der Waals surface area (Å²) in [4.78, 5) is 0. The smallest absolute Gasteiger partial charge is 0.273 e. The van der Waals surface area contributed by atoms with Gasteiger partial charge in [0.2, 0.25) is 0 Å². The highest BCUT2D eigenvalue weighted by Gasteiger charge is 2.21. The van der Waals surface area contributed by atoms with Crippen molar-refractivity contribution >= 4 is 10.3 Å². The van der Waals surface area contributed by atoms with Gasteiger partial charge in [-0.15, -0.1) is 0 Å². The van der Waals surface area contributed by atoms with Crippen LogP contribution in [0.25, 0.3) is 11.1 Å². The fourth-order valence-corrected chi connectivity index (χ4v) is 2.52. The molecule has 0 aliphatic carbocycles. The van der Waals surface area contributed by atoms with Gasteiger partial charge in [-0.2, -0.15) is 12.7 Å². The van der Waals surface area contributed by atoms with Crippen LogP contribution in [0.3, 0.4) is 0 Å². The molecule has 106 valence electrons. The van der Waals surface area contributed by atoms with Gasteiger partial charge in [0.1, 0.15) is 0 Å². The monoisotopic (exact) mass is 291 g/mol. The Hall–Kier alpha value is -1.69. The average molecular weight is 291 g/mol. The fourth-order valence-electron chi connectivity index (χ4n) is 1.99. The second-order valence-electron chi connectivity index (χ2n) is 4.66. The van der Waals surface area contributed by atoms with Crippen LogP contribution in [-0.4, -0.2) is 24.3 Å². The zero-order valence-corrected chi connectivity index (χ0v) is 12.2. The highest BCUT2D eigenvalue weighted by molar-refractivity contribution is 7.83. The van der Waals surface area contributed by atoms with E-state index in [9.17, 15) is 8.42 Å². The molecular weight excluding hydrogens is 274 g/mol. The van der Waals surface area contributed by atoms with Crippen molar-refractivity contribution in [2.24, 2.45) is 0 Å². The molecule has 0 saturated carbocycles. The second kappa shape index (κ2) is 5.75. The van der Waals surface area contributed by atoms with Gasteiger partial charge in [-0.05, 0) is 23.6 Å². The molecule has 0 heterocycles. The molecule has 1 N–H and O–H groups in total. The highest BCUT2D eigenvalue weighted by Crippen LogP contribution is 2.25. The molecule has 5 heteroatoms.